The van der Waals surface area contributed by atoms with E-state index < -0.39 is 0 Å². The van der Waals surface area contributed by atoms with E-state index in [9.17, 15) is 0 Å². The molecular weight excluding hydrogens is 415 g/mol. The molecule has 0 saturated carbocycles. The molecule has 6 nitrogen and oxygen atoms in total. The van der Waals surface area contributed by atoms with E-state index in [4.69, 9.17) is 0 Å². The second-order valence-electron chi connectivity index (χ2n) is 6.39. The summed E-state index contributed by atoms with van der Waals surface area (Å²) in [5.74, 6) is 2.63. The maximum Gasteiger partial charge on any atom is 0.225 e. The first-order valence-electron chi connectivity index (χ1n) is 8.68. The molecule has 0 bridgehead atoms. The fourth-order valence-electron chi connectivity index (χ4n) is 2.78. The normalized spacial score (nSPS) is 15.4. The molecule has 0 aliphatic carbocycles. The summed E-state index contributed by atoms with van der Waals surface area (Å²) in [6, 6.07) is 1.85. The summed E-state index contributed by atoms with van der Waals surface area (Å²) in [4.78, 5) is 17.6. The maximum atomic E-state index is 4.42. The third-order valence-electron chi connectivity index (χ3n) is 4.12. The number of hydrogen-bond acceptors (Lipinski definition) is 4. The standard InChI is InChI=1S/C17H30N6.HI/c1-15(2)7-4-5-8-19-16(18-3)22-11-13-23(14-12-22)17-20-9-6-10-21-17;/h6,9-10,15H,4-5,7-8,11-14H2,1-3H3,(H,18,19);1H. The first-order valence-corrected chi connectivity index (χ1v) is 8.68. The minimum Gasteiger partial charge on any atom is -0.356 e. The summed E-state index contributed by atoms with van der Waals surface area (Å²) in [5, 5.41) is 3.49. The van der Waals surface area contributed by atoms with Crippen molar-refractivity contribution in [1.29, 1.82) is 0 Å². The number of nitrogens with zero attached hydrogens (tertiary/aromatic N) is 5. The van der Waals surface area contributed by atoms with Gasteiger partial charge < -0.3 is 15.1 Å². The summed E-state index contributed by atoms with van der Waals surface area (Å²) in [6.45, 7) is 9.32. The van der Waals surface area contributed by atoms with Crippen LogP contribution in [0.15, 0.2) is 23.5 Å². The highest BCUT2D eigenvalue weighted by atomic mass is 127. The van der Waals surface area contributed by atoms with Gasteiger partial charge in [-0.05, 0) is 18.4 Å². The predicted octanol–water partition coefficient (Wildman–Crippen LogP) is 2.62. The zero-order valence-corrected chi connectivity index (χ0v) is 17.4. The van der Waals surface area contributed by atoms with Crippen molar-refractivity contribution in [2.75, 3.05) is 44.7 Å². The minimum atomic E-state index is 0. The van der Waals surface area contributed by atoms with E-state index in [1.807, 2.05) is 13.1 Å². The van der Waals surface area contributed by atoms with E-state index in [1.165, 1.54) is 19.3 Å². The van der Waals surface area contributed by atoms with Gasteiger partial charge in [-0.1, -0.05) is 26.7 Å². The zero-order valence-electron chi connectivity index (χ0n) is 15.1. The lowest BCUT2D eigenvalue weighted by molar-refractivity contribution is 0.369. The quantitative estimate of drug-likeness (QED) is 0.315. The molecule has 0 aromatic carbocycles. The maximum absolute atomic E-state index is 4.42. The Kier molecular flexibility index (Phi) is 9.97. The van der Waals surface area contributed by atoms with E-state index >= 15 is 0 Å². The van der Waals surface area contributed by atoms with Crippen molar-refractivity contribution in [1.82, 2.24) is 20.2 Å². The van der Waals surface area contributed by atoms with Crippen molar-refractivity contribution in [3.8, 4) is 0 Å². The molecule has 0 spiro atoms. The monoisotopic (exact) mass is 446 g/mol. The van der Waals surface area contributed by atoms with Gasteiger partial charge >= 0.3 is 0 Å². The Labute approximate surface area is 163 Å². The summed E-state index contributed by atoms with van der Waals surface area (Å²) >= 11 is 0. The van der Waals surface area contributed by atoms with E-state index in [1.54, 1.807) is 12.4 Å². The van der Waals surface area contributed by atoms with Gasteiger partial charge in [0.1, 0.15) is 0 Å². The molecule has 1 N–H and O–H groups in total. The van der Waals surface area contributed by atoms with Crippen molar-refractivity contribution < 1.29 is 0 Å². The zero-order chi connectivity index (χ0) is 16.5. The van der Waals surface area contributed by atoms with Crippen LogP contribution in [0.3, 0.4) is 0 Å². The molecule has 2 heterocycles. The highest BCUT2D eigenvalue weighted by Crippen LogP contribution is 2.10. The van der Waals surface area contributed by atoms with Gasteiger partial charge in [-0.15, -0.1) is 24.0 Å². The summed E-state index contributed by atoms with van der Waals surface area (Å²) < 4.78 is 0. The van der Waals surface area contributed by atoms with Crippen LogP contribution in [0.5, 0.6) is 0 Å². The fraction of sp³-hybridized carbons (Fsp3) is 0.706. The molecular formula is C17H31IN6. The molecule has 2 rings (SSSR count). The van der Waals surface area contributed by atoms with Crippen LogP contribution in [0.2, 0.25) is 0 Å². The average molecular weight is 446 g/mol. The van der Waals surface area contributed by atoms with Crippen LogP contribution in [-0.2, 0) is 0 Å². The number of rotatable bonds is 6. The lowest BCUT2D eigenvalue weighted by Gasteiger charge is -2.36. The lowest BCUT2D eigenvalue weighted by Crippen LogP contribution is -2.53. The summed E-state index contributed by atoms with van der Waals surface area (Å²) in [7, 11) is 1.86. The fourth-order valence-corrected chi connectivity index (χ4v) is 2.78. The second kappa shape index (κ2) is 11.4. The first kappa shape index (κ1) is 20.9. The number of halogens is 1. The van der Waals surface area contributed by atoms with Crippen LogP contribution in [-0.4, -0.2) is 60.6 Å². The van der Waals surface area contributed by atoms with Crippen LogP contribution >= 0.6 is 24.0 Å². The molecule has 1 fully saturated rings. The molecule has 1 aromatic heterocycles. The topological polar surface area (TPSA) is 56.7 Å². The van der Waals surface area contributed by atoms with Crippen molar-refractivity contribution in [3.63, 3.8) is 0 Å². The highest BCUT2D eigenvalue weighted by Gasteiger charge is 2.20. The van der Waals surface area contributed by atoms with Crippen molar-refractivity contribution in [3.05, 3.63) is 18.5 Å². The molecule has 1 aliphatic rings. The van der Waals surface area contributed by atoms with Gasteiger partial charge in [-0.3, -0.25) is 4.99 Å². The van der Waals surface area contributed by atoms with Crippen molar-refractivity contribution in [2.24, 2.45) is 10.9 Å². The Bertz CT molecular complexity index is 471. The highest BCUT2D eigenvalue weighted by molar-refractivity contribution is 14.0. The van der Waals surface area contributed by atoms with Crippen LogP contribution in [0, 0.1) is 5.92 Å². The summed E-state index contributed by atoms with van der Waals surface area (Å²) in [5.41, 5.74) is 0. The molecule has 24 heavy (non-hydrogen) atoms. The molecule has 7 heteroatoms. The molecule has 0 radical (unpaired) electrons. The number of piperazine rings is 1. The van der Waals surface area contributed by atoms with Gasteiger partial charge in [0.05, 0.1) is 0 Å². The smallest absolute Gasteiger partial charge is 0.225 e. The van der Waals surface area contributed by atoms with Gasteiger partial charge in [0.15, 0.2) is 5.96 Å². The Morgan fingerprint density at radius 3 is 2.42 bits per heavy atom. The number of anilines is 1. The molecule has 0 amide bonds. The SMILES string of the molecule is CN=C(NCCCCC(C)C)N1CCN(c2ncccn2)CC1.I. The van der Waals surface area contributed by atoms with Crippen LogP contribution in [0.1, 0.15) is 33.1 Å². The Morgan fingerprint density at radius 1 is 1.17 bits per heavy atom. The Hall–Kier alpha value is -1.12. The van der Waals surface area contributed by atoms with Gasteiger partial charge in [0.25, 0.3) is 0 Å². The first-order chi connectivity index (χ1) is 11.2. The number of hydrogen-bond donors (Lipinski definition) is 1. The van der Waals surface area contributed by atoms with E-state index in [2.05, 4.69) is 43.9 Å². The lowest BCUT2D eigenvalue weighted by atomic mass is 10.1. The minimum absolute atomic E-state index is 0. The molecule has 1 aliphatic heterocycles. The number of unbranched alkanes of at least 4 members (excludes halogenated alkanes) is 1. The number of nitrogens with one attached hydrogen (secondary N) is 1. The van der Waals surface area contributed by atoms with E-state index in [0.29, 0.717) is 0 Å². The molecule has 1 saturated heterocycles. The molecule has 1 aromatic rings. The molecule has 0 atom stereocenters. The van der Waals surface area contributed by atoms with Gasteiger partial charge in [0, 0.05) is 52.2 Å². The van der Waals surface area contributed by atoms with Crippen molar-refractivity contribution >= 4 is 35.9 Å². The van der Waals surface area contributed by atoms with Gasteiger partial charge in [-0.2, -0.15) is 0 Å². The van der Waals surface area contributed by atoms with Crippen LogP contribution < -0.4 is 10.2 Å². The predicted molar refractivity (Wildman–Crippen MR) is 111 cm³/mol. The number of aliphatic imine (C=N–C) groups is 1. The third kappa shape index (κ3) is 6.78. The largest absolute Gasteiger partial charge is 0.356 e. The van der Waals surface area contributed by atoms with Crippen LogP contribution in [0.25, 0.3) is 0 Å². The summed E-state index contributed by atoms with van der Waals surface area (Å²) in [6.07, 6.45) is 7.38. The van der Waals surface area contributed by atoms with Gasteiger partial charge in [-0.25, -0.2) is 9.97 Å². The molecule has 136 valence electrons. The van der Waals surface area contributed by atoms with E-state index in [-0.39, 0.29) is 24.0 Å². The van der Waals surface area contributed by atoms with Crippen LogP contribution in [0.4, 0.5) is 5.95 Å². The average Bonchev–Trinajstić information content (AvgIpc) is 2.59. The van der Waals surface area contributed by atoms with Crippen molar-refractivity contribution in [2.45, 2.75) is 33.1 Å². The number of aromatic nitrogens is 2. The second-order valence-corrected chi connectivity index (χ2v) is 6.39. The van der Waals surface area contributed by atoms with Gasteiger partial charge in [0.2, 0.25) is 5.95 Å². The Morgan fingerprint density at radius 2 is 1.83 bits per heavy atom. The Balaban J connectivity index is 0.00000288. The number of guanidine groups is 1. The third-order valence-corrected chi connectivity index (χ3v) is 4.12. The van der Waals surface area contributed by atoms with E-state index in [0.717, 1.165) is 50.5 Å². The molecule has 0 unspecified atom stereocenters.